The molecule has 1 aliphatic carbocycles. The summed E-state index contributed by atoms with van der Waals surface area (Å²) in [6, 6.07) is 6.80. The Morgan fingerprint density at radius 3 is 2.66 bits per heavy atom. The first-order chi connectivity index (χ1) is 17.2. The highest BCUT2D eigenvalue weighted by molar-refractivity contribution is 5.99. The van der Waals surface area contributed by atoms with Crippen LogP contribution in [0.25, 0.3) is 11.5 Å². The van der Waals surface area contributed by atoms with Gasteiger partial charge in [-0.1, -0.05) is 43.5 Å². The van der Waals surface area contributed by atoms with Gasteiger partial charge in [0.15, 0.2) is 0 Å². The molecule has 1 saturated heterocycles. The Bertz CT molecular complexity index is 1100. The van der Waals surface area contributed by atoms with E-state index in [9.17, 15) is 9.59 Å². The number of amides is 2. The van der Waals surface area contributed by atoms with Gasteiger partial charge >= 0.3 is 0 Å². The molecule has 0 spiro atoms. The molecule has 9 nitrogen and oxygen atoms in total. The van der Waals surface area contributed by atoms with Gasteiger partial charge < -0.3 is 25.7 Å². The van der Waals surface area contributed by atoms with Crippen LogP contribution in [0, 0.1) is 0 Å². The molecule has 4 atom stereocenters. The number of para-hydroxylation sites is 1. The van der Waals surface area contributed by atoms with Crippen molar-refractivity contribution in [3.8, 4) is 11.5 Å². The number of anilines is 1. The maximum Gasteiger partial charge on any atom is 0.250 e. The zero-order valence-electron chi connectivity index (χ0n) is 19.7. The minimum Gasteiger partial charge on any atom is -0.420 e. The number of aromatic nitrogens is 2. The Balaban J connectivity index is 1.31. The fourth-order valence-corrected chi connectivity index (χ4v) is 5.05. The van der Waals surface area contributed by atoms with Crippen LogP contribution in [0.5, 0.6) is 0 Å². The lowest BCUT2D eigenvalue weighted by molar-refractivity contribution is -0.124. The Hall–Kier alpha value is -3.46. The van der Waals surface area contributed by atoms with E-state index < -0.39 is 6.04 Å². The predicted octanol–water partition coefficient (Wildman–Crippen LogP) is 3.00. The van der Waals surface area contributed by atoms with Gasteiger partial charge in [0, 0.05) is 6.04 Å². The molecule has 3 aliphatic rings. The van der Waals surface area contributed by atoms with Crippen LogP contribution in [0.1, 0.15) is 56.8 Å². The predicted molar refractivity (Wildman–Crippen MR) is 132 cm³/mol. The van der Waals surface area contributed by atoms with Crippen LogP contribution in [0.3, 0.4) is 0 Å². The summed E-state index contributed by atoms with van der Waals surface area (Å²) in [7, 11) is 0. The molecule has 1 saturated carbocycles. The van der Waals surface area contributed by atoms with Crippen LogP contribution in [0.4, 0.5) is 5.69 Å². The molecule has 5 rings (SSSR count). The maximum atomic E-state index is 12.9. The number of allylic oxidation sites excluding steroid dienone is 2. The first kappa shape index (κ1) is 23.3. The molecule has 1 aromatic carbocycles. The maximum absolute atomic E-state index is 12.9. The molecule has 3 heterocycles. The van der Waals surface area contributed by atoms with Gasteiger partial charge in [-0.05, 0) is 56.6 Å². The molecule has 0 radical (unpaired) electrons. The van der Waals surface area contributed by atoms with Crippen LogP contribution in [-0.2, 0) is 9.59 Å². The third kappa shape index (κ3) is 5.45. The lowest BCUT2D eigenvalue weighted by atomic mass is 9.84. The highest BCUT2D eigenvalue weighted by Gasteiger charge is 2.34. The summed E-state index contributed by atoms with van der Waals surface area (Å²) in [5.41, 5.74) is 1.27. The van der Waals surface area contributed by atoms with Crippen LogP contribution in [-0.4, -0.2) is 46.7 Å². The first-order valence-electron chi connectivity index (χ1n) is 12.6. The van der Waals surface area contributed by atoms with Crippen LogP contribution >= 0.6 is 0 Å². The van der Waals surface area contributed by atoms with Crippen molar-refractivity contribution >= 4 is 17.5 Å². The zero-order chi connectivity index (χ0) is 24.0. The van der Waals surface area contributed by atoms with Gasteiger partial charge in [0.05, 0.1) is 23.2 Å². The van der Waals surface area contributed by atoms with Gasteiger partial charge in [0.2, 0.25) is 17.7 Å². The second-order valence-electron chi connectivity index (χ2n) is 9.38. The average Bonchev–Trinajstić information content (AvgIpc) is 3.40. The number of hydrogen-bond donors (Lipinski definition) is 4. The van der Waals surface area contributed by atoms with Gasteiger partial charge in [0.25, 0.3) is 5.91 Å². The fourth-order valence-electron chi connectivity index (χ4n) is 5.05. The number of piperidine rings is 1. The van der Waals surface area contributed by atoms with Gasteiger partial charge in [-0.25, -0.2) is 0 Å². The minimum absolute atomic E-state index is 0.0253. The molecule has 4 unspecified atom stereocenters. The summed E-state index contributed by atoms with van der Waals surface area (Å²) in [6.07, 6.45) is 14.2. The van der Waals surface area contributed by atoms with Crippen molar-refractivity contribution in [1.29, 1.82) is 0 Å². The van der Waals surface area contributed by atoms with E-state index in [1.165, 1.54) is 0 Å². The zero-order valence-corrected chi connectivity index (χ0v) is 19.7. The smallest absolute Gasteiger partial charge is 0.250 e. The Kier molecular flexibility index (Phi) is 7.23. The van der Waals surface area contributed by atoms with Crippen molar-refractivity contribution in [2.45, 2.75) is 69.0 Å². The summed E-state index contributed by atoms with van der Waals surface area (Å²) in [5.74, 6) is 0.749. The largest absolute Gasteiger partial charge is 0.420 e. The monoisotopic (exact) mass is 476 g/mol. The molecule has 0 bridgehead atoms. The van der Waals surface area contributed by atoms with Gasteiger partial charge in [0.1, 0.15) is 6.04 Å². The molecule has 2 amide bonds. The molecule has 1 aromatic heterocycles. The summed E-state index contributed by atoms with van der Waals surface area (Å²) < 4.78 is 6.15. The Morgan fingerprint density at radius 1 is 0.971 bits per heavy atom. The van der Waals surface area contributed by atoms with Crippen molar-refractivity contribution in [2.24, 2.45) is 0 Å². The van der Waals surface area contributed by atoms with Crippen LogP contribution in [0.15, 0.2) is 53.1 Å². The molecule has 2 fully saturated rings. The molecule has 2 aliphatic heterocycles. The highest BCUT2D eigenvalue weighted by atomic mass is 16.4. The molecular formula is C26H32N6O3. The summed E-state index contributed by atoms with van der Waals surface area (Å²) in [6.45, 7) is 0.888. The number of nitrogens with one attached hydrogen (secondary N) is 4. The molecule has 9 heteroatoms. The summed E-state index contributed by atoms with van der Waals surface area (Å²) in [4.78, 5) is 25.6. The standard InChI is InChI=1S/C26H32N6O3/c33-23(21-13-5-7-15-27-21)29-19-11-3-1-9-17(19)25-31-32-26(35-25)18-10-2-4-12-20(18)30-24(34)22-14-6-8-16-28-22/h1,3,5,7,9,11,13,15,18,20-22,27-28H,2,4,6,8,10,12,14,16H2,(H,29,33)(H,30,34). The van der Waals surface area contributed by atoms with E-state index in [2.05, 4.69) is 31.5 Å². The number of hydrogen-bond acceptors (Lipinski definition) is 7. The second kappa shape index (κ2) is 10.9. The van der Waals surface area contributed by atoms with Gasteiger partial charge in [-0.2, -0.15) is 0 Å². The topological polar surface area (TPSA) is 121 Å². The number of benzene rings is 1. The second-order valence-corrected chi connectivity index (χ2v) is 9.38. The molecule has 4 N–H and O–H groups in total. The van der Waals surface area contributed by atoms with Gasteiger partial charge in [-0.15, -0.1) is 10.2 Å². The van der Waals surface area contributed by atoms with E-state index in [0.29, 0.717) is 23.0 Å². The number of dihydropyridines is 1. The quantitative estimate of drug-likeness (QED) is 0.506. The van der Waals surface area contributed by atoms with E-state index in [-0.39, 0.29) is 29.8 Å². The van der Waals surface area contributed by atoms with E-state index in [1.807, 2.05) is 36.4 Å². The average molecular weight is 477 g/mol. The number of carbonyl (C=O) groups excluding carboxylic acids is 2. The minimum atomic E-state index is -0.448. The van der Waals surface area contributed by atoms with Crippen molar-refractivity contribution in [1.82, 2.24) is 26.1 Å². The normalized spacial score (nSPS) is 26.1. The van der Waals surface area contributed by atoms with E-state index >= 15 is 0 Å². The Morgan fingerprint density at radius 2 is 1.83 bits per heavy atom. The summed E-state index contributed by atoms with van der Waals surface area (Å²) >= 11 is 0. The van der Waals surface area contributed by atoms with E-state index in [0.717, 1.165) is 51.5 Å². The Labute approximate surface area is 204 Å². The van der Waals surface area contributed by atoms with Crippen LogP contribution in [0.2, 0.25) is 0 Å². The molecular weight excluding hydrogens is 444 g/mol. The van der Waals surface area contributed by atoms with Crippen molar-refractivity contribution in [2.75, 3.05) is 11.9 Å². The number of carbonyl (C=O) groups is 2. The van der Waals surface area contributed by atoms with Crippen molar-refractivity contribution in [3.05, 3.63) is 54.6 Å². The third-order valence-corrected chi connectivity index (χ3v) is 6.96. The van der Waals surface area contributed by atoms with Crippen LogP contribution < -0.4 is 21.3 Å². The van der Waals surface area contributed by atoms with Crippen molar-refractivity contribution < 1.29 is 14.0 Å². The van der Waals surface area contributed by atoms with E-state index in [4.69, 9.17) is 4.42 Å². The van der Waals surface area contributed by atoms with Gasteiger partial charge in [-0.3, -0.25) is 9.59 Å². The van der Waals surface area contributed by atoms with Crippen molar-refractivity contribution in [3.63, 3.8) is 0 Å². The van der Waals surface area contributed by atoms with E-state index in [1.54, 1.807) is 12.3 Å². The first-order valence-corrected chi connectivity index (χ1v) is 12.6. The summed E-state index contributed by atoms with van der Waals surface area (Å²) in [5, 5.41) is 21.2. The lowest BCUT2D eigenvalue weighted by Gasteiger charge is -2.32. The molecule has 35 heavy (non-hydrogen) atoms. The molecule has 2 aromatic rings. The fraction of sp³-hybridized carbons (Fsp3) is 0.462. The molecule has 184 valence electrons. The number of nitrogens with zero attached hydrogens (tertiary/aromatic N) is 2. The lowest BCUT2D eigenvalue weighted by Crippen LogP contribution is -2.51. The highest BCUT2D eigenvalue weighted by Crippen LogP contribution is 2.35. The third-order valence-electron chi connectivity index (χ3n) is 6.96. The SMILES string of the molecule is O=C(Nc1ccccc1-c1nnc(C2CCCCC2NC(=O)C2CCCCN2)o1)C1C=CC=CN1. The number of rotatable bonds is 6.